The molecule has 0 bridgehead atoms. The maximum atomic E-state index is 11.4. The molecule has 0 fully saturated rings. The molecule has 1 aromatic carbocycles. The number of hydrogen-bond donors (Lipinski definition) is 0. The van der Waals surface area contributed by atoms with E-state index in [0.29, 0.717) is 5.56 Å². The molecule has 0 aliphatic carbocycles. The van der Waals surface area contributed by atoms with Gasteiger partial charge in [0.05, 0.1) is 18.2 Å². The van der Waals surface area contributed by atoms with Crippen LogP contribution < -0.4 is 5.56 Å². The lowest BCUT2D eigenvalue weighted by molar-refractivity contribution is 0.0601. The summed E-state index contributed by atoms with van der Waals surface area (Å²) in [7, 11) is 3.04. The number of carbonyl (C=O) groups excluding carboxylic acids is 1. The van der Waals surface area contributed by atoms with Gasteiger partial charge in [-0.15, -0.1) is 0 Å². The highest BCUT2D eigenvalue weighted by Crippen LogP contribution is 2.14. The van der Waals surface area contributed by atoms with Crippen LogP contribution in [-0.4, -0.2) is 17.6 Å². The van der Waals surface area contributed by atoms with Gasteiger partial charge in [0.15, 0.2) is 0 Å². The number of methoxy groups -OCH3 is 1. The highest BCUT2D eigenvalue weighted by atomic mass is 16.5. The maximum Gasteiger partial charge on any atom is 0.337 e. The lowest BCUT2D eigenvalue weighted by Crippen LogP contribution is -2.15. The molecule has 1 heterocycles. The number of fused-ring (bicyclic) bond motifs is 1. The van der Waals surface area contributed by atoms with E-state index in [0.717, 1.165) is 10.9 Å². The van der Waals surface area contributed by atoms with Crippen LogP contribution in [0.3, 0.4) is 0 Å². The standard InChI is InChI=1S/C12H11NO3/c1-13-10-5-3-9(12(15)16-2)7-8(10)4-6-11(13)14/h3-7H,1-2H3. The zero-order valence-electron chi connectivity index (χ0n) is 9.06. The lowest BCUT2D eigenvalue weighted by Gasteiger charge is -2.05. The number of esters is 1. The van der Waals surface area contributed by atoms with Gasteiger partial charge in [-0.3, -0.25) is 4.79 Å². The van der Waals surface area contributed by atoms with Crippen molar-refractivity contribution >= 4 is 16.9 Å². The Morgan fingerprint density at radius 1 is 1.25 bits per heavy atom. The summed E-state index contributed by atoms with van der Waals surface area (Å²) < 4.78 is 6.17. The topological polar surface area (TPSA) is 48.3 Å². The van der Waals surface area contributed by atoms with Crippen LogP contribution in [0.5, 0.6) is 0 Å². The molecule has 0 unspecified atom stereocenters. The van der Waals surface area contributed by atoms with Crippen LogP contribution >= 0.6 is 0 Å². The van der Waals surface area contributed by atoms with E-state index in [1.165, 1.54) is 17.7 Å². The monoisotopic (exact) mass is 217 g/mol. The van der Waals surface area contributed by atoms with Crippen molar-refractivity contribution in [3.63, 3.8) is 0 Å². The van der Waals surface area contributed by atoms with E-state index in [1.807, 2.05) is 0 Å². The highest BCUT2D eigenvalue weighted by Gasteiger charge is 2.06. The molecular weight excluding hydrogens is 206 g/mol. The van der Waals surface area contributed by atoms with Crippen molar-refractivity contribution in [2.45, 2.75) is 0 Å². The van der Waals surface area contributed by atoms with E-state index in [-0.39, 0.29) is 11.5 Å². The molecule has 2 aromatic rings. The molecule has 16 heavy (non-hydrogen) atoms. The summed E-state index contributed by atoms with van der Waals surface area (Å²) in [6.45, 7) is 0. The predicted octanol–water partition coefficient (Wildman–Crippen LogP) is 1.33. The van der Waals surface area contributed by atoms with Crippen LogP contribution in [0.1, 0.15) is 10.4 Å². The first kappa shape index (κ1) is 10.4. The van der Waals surface area contributed by atoms with Gasteiger partial charge in [-0.1, -0.05) is 0 Å². The summed E-state index contributed by atoms with van der Waals surface area (Å²) in [6.07, 6.45) is 0. The molecule has 2 rings (SSSR count). The van der Waals surface area contributed by atoms with Crippen molar-refractivity contribution in [2.75, 3.05) is 7.11 Å². The van der Waals surface area contributed by atoms with Gasteiger partial charge >= 0.3 is 5.97 Å². The van der Waals surface area contributed by atoms with Gasteiger partial charge < -0.3 is 9.30 Å². The number of benzene rings is 1. The molecule has 1 aromatic heterocycles. The third kappa shape index (κ3) is 1.58. The first-order chi connectivity index (χ1) is 7.63. The van der Waals surface area contributed by atoms with E-state index in [1.54, 1.807) is 31.3 Å². The Balaban J connectivity index is 2.69. The van der Waals surface area contributed by atoms with Crippen molar-refractivity contribution in [3.8, 4) is 0 Å². The quantitative estimate of drug-likeness (QED) is 0.677. The van der Waals surface area contributed by atoms with Gasteiger partial charge in [0.2, 0.25) is 0 Å². The molecule has 4 nitrogen and oxygen atoms in total. The molecular formula is C12H11NO3. The van der Waals surface area contributed by atoms with Crippen molar-refractivity contribution in [3.05, 3.63) is 46.2 Å². The Morgan fingerprint density at radius 2 is 2.00 bits per heavy atom. The third-order valence-corrected chi connectivity index (χ3v) is 2.55. The number of ether oxygens (including phenoxy) is 1. The molecule has 0 saturated heterocycles. The minimum atomic E-state index is -0.379. The third-order valence-electron chi connectivity index (χ3n) is 2.55. The average molecular weight is 217 g/mol. The molecule has 0 spiro atoms. The van der Waals surface area contributed by atoms with Gasteiger partial charge in [0, 0.05) is 13.1 Å². The Bertz CT molecular complexity index is 613. The average Bonchev–Trinajstić information content (AvgIpc) is 2.32. The minimum absolute atomic E-state index is 0.0710. The van der Waals surface area contributed by atoms with Crippen molar-refractivity contribution in [1.29, 1.82) is 0 Å². The van der Waals surface area contributed by atoms with E-state index in [2.05, 4.69) is 4.74 Å². The normalized spacial score (nSPS) is 10.4. The van der Waals surface area contributed by atoms with Crippen LogP contribution in [0.15, 0.2) is 35.1 Å². The second kappa shape index (κ2) is 3.81. The predicted molar refractivity (Wildman–Crippen MR) is 60.5 cm³/mol. The highest BCUT2D eigenvalue weighted by molar-refractivity contribution is 5.94. The summed E-state index contributed by atoms with van der Waals surface area (Å²) in [5.74, 6) is -0.379. The largest absolute Gasteiger partial charge is 0.465 e. The maximum absolute atomic E-state index is 11.4. The van der Waals surface area contributed by atoms with E-state index in [9.17, 15) is 9.59 Å². The summed E-state index contributed by atoms with van der Waals surface area (Å²) in [5.41, 5.74) is 1.20. The lowest BCUT2D eigenvalue weighted by atomic mass is 10.1. The van der Waals surface area contributed by atoms with Crippen molar-refractivity contribution in [2.24, 2.45) is 7.05 Å². The molecule has 0 atom stereocenters. The molecule has 0 amide bonds. The van der Waals surface area contributed by atoms with Crippen LogP contribution in [0, 0.1) is 0 Å². The first-order valence-electron chi connectivity index (χ1n) is 4.81. The van der Waals surface area contributed by atoms with Crippen LogP contribution in [0.25, 0.3) is 10.9 Å². The number of pyridine rings is 1. The first-order valence-corrected chi connectivity index (χ1v) is 4.81. The van der Waals surface area contributed by atoms with Gasteiger partial charge in [0.25, 0.3) is 5.56 Å². The van der Waals surface area contributed by atoms with E-state index >= 15 is 0 Å². The molecule has 82 valence electrons. The van der Waals surface area contributed by atoms with Gasteiger partial charge in [-0.25, -0.2) is 4.79 Å². The molecule has 4 heteroatoms. The molecule has 0 aliphatic rings. The minimum Gasteiger partial charge on any atom is -0.465 e. The van der Waals surface area contributed by atoms with E-state index < -0.39 is 0 Å². The molecule has 0 N–H and O–H groups in total. The smallest absolute Gasteiger partial charge is 0.337 e. The Morgan fingerprint density at radius 3 is 2.69 bits per heavy atom. The fourth-order valence-electron chi connectivity index (χ4n) is 1.63. The summed E-state index contributed by atoms with van der Waals surface area (Å²) in [4.78, 5) is 22.7. The second-order valence-corrected chi connectivity index (χ2v) is 3.50. The number of aromatic nitrogens is 1. The van der Waals surface area contributed by atoms with Crippen molar-refractivity contribution in [1.82, 2.24) is 4.57 Å². The zero-order valence-corrected chi connectivity index (χ0v) is 9.06. The zero-order chi connectivity index (χ0) is 11.7. The molecule has 0 radical (unpaired) electrons. The fourth-order valence-corrected chi connectivity index (χ4v) is 1.63. The van der Waals surface area contributed by atoms with Crippen LogP contribution in [-0.2, 0) is 11.8 Å². The SMILES string of the molecule is COC(=O)c1ccc2c(ccc(=O)n2C)c1. The second-order valence-electron chi connectivity index (χ2n) is 3.50. The number of nitrogens with zero attached hydrogens (tertiary/aromatic N) is 1. The van der Waals surface area contributed by atoms with Gasteiger partial charge in [-0.05, 0) is 29.7 Å². The Hall–Kier alpha value is -2.10. The Labute approximate surface area is 92.1 Å². The number of rotatable bonds is 1. The van der Waals surface area contributed by atoms with Crippen molar-refractivity contribution < 1.29 is 9.53 Å². The molecule has 0 saturated carbocycles. The number of hydrogen-bond acceptors (Lipinski definition) is 3. The summed E-state index contributed by atoms with van der Waals surface area (Å²) in [6, 6.07) is 8.27. The number of carbonyl (C=O) groups is 1. The van der Waals surface area contributed by atoms with E-state index in [4.69, 9.17) is 0 Å². The van der Waals surface area contributed by atoms with Crippen LogP contribution in [0.2, 0.25) is 0 Å². The number of aryl methyl sites for hydroxylation is 1. The summed E-state index contributed by atoms with van der Waals surface area (Å²) >= 11 is 0. The van der Waals surface area contributed by atoms with Gasteiger partial charge in [-0.2, -0.15) is 0 Å². The van der Waals surface area contributed by atoms with Crippen LogP contribution in [0.4, 0.5) is 0 Å². The molecule has 0 aliphatic heterocycles. The van der Waals surface area contributed by atoms with Gasteiger partial charge in [0.1, 0.15) is 0 Å². The summed E-state index contributed by atoms with van der Waals surface area (Å²) in [5, 5.41) is 0.838. The fraction of sp³-hybridized carbons (Fsp3) is 0.167. The Kier molecular flexibility index (Phi) is 2.48.